The fourth-order valence-electron chi connectivity index (χ4n) is 3.37. The Morgan fingerprint density at radius 2 is 2.00 bits per heavy atom. The minimum atomic E-state index is -0.0830. The maximum absolute atomic E-state index is 13.4. The molecule has 1 aliphatic rings. The number of aromatic nitrogens is 2. The summed E-state index contributed by atoms with van der Waals surface area (Å²) in [5.74, 6) is 0.616. The fourth-order valence-corrected chi connectivity index (χ4v) is 3.37. The number of piperidine rings is 1. The van der Waals surface area contributed by atoms with E-state index in [0.29, 0.717) is 18.0 Å². The van der Waals surface area contributed by atoms with Crippen molar-refractivity contribution in [2.45, 2.75) is 25.4 Å². The Kier molecular flexibility index (Phi) is 6.24. The van der Waals surface area contributed by atoms with Gasteiger partial charge in [0.1, 0.15) is 5.56 Å². The summed E-state index contributed by atoms with van der Waals surface area (Å²) in [6.45, 7) is 2.45. The summed E-state index contributed by atoms with van der Waals surface area (Å²) in [6, 6.07) is 7.46. The zero-order valence-electron chi connectivity index (χ0n) is 16.1. The molecule has 0 aromatic carbocycles. The normalized spacial score (nSPS) is 15.4. The Morgan fingerprint density at radius 3 is 2.63 bits per heavy atom. The smallest absolute Gasteiger partial charge is 0.259 e. The van der Waals surface area contributed by atoms with Crippen molar-refractivity contribution in [2.24, 2.45) is 0 Å². The molecule has 3 heterocycles. The van der Waals surface area contributed by atoms with Crippen molar-refractivity contribution in [3.8, 4) is 11.8 Å². The van der Waals surface area contributed by atoms with Gasteiger partial charge in [0.15, 0.2) is 0 Å². The molecule has 0 N–H and O–H groups in total. The molecule has 144 valence electrons. The van der Waals surface area contributed by atoms with E-state index in [1.807, 2.05) is 17.0 Å². The molecule has 1 amide bonds. The first-order valence-electron chi connectivity index (χ1n) is 9.09. The molecule has 0 saturated carbocycles. The summed E-state index contributed by atoms with van der Waals surface area (Å²) in [4.78, 5) is 26.1. The van der Waals surface area contributed by atoms with Gasteiger partial charge in [0, 0.05) is 31.0 Å². The van der Waals surface area contributed by atoms with Crippen molar-refractivity contribution < 1.29 is 14.3 Å². The predicted molar refractivity (Wildman–Crippen MR) is 102 cm³/mol. The molecule has 27 heavy (non-hydrogen) atoms. The lowest BCUT2D eigenvalue weighted by molar-refractivity contribution is 0.0565. The van der Waals surface area contributed by atoms with Crippen LogP contribution in [0.4, 0.5) is 0 Å². The van der Waals surface area contributed by atoms with Crippen molar-refractivity contribution in [2.75, 3.05) is 34.4 Å². The quantitative estimate of drug-likeness (QED) is 0.777. The highest BCUT2D eigenvalue weighted by Crippen LogP contribution is 2.26. The molecule has 1 saturated heterocycles. The molecule has 2 aromatic heterocycles. The molecule has 1 aliphatic heterocycles. The van der Waals surface area contributed by atoms with Gasteiger partial charge in [0.25, 0.3) is 5.91 Å². The van der Waals surface area contributed by atoms with E-state index in [1.54, 1.807) is 24.5 Å². The van der Waals surface area contributed by atoms with Crippen LogP contribution >= 0.6 is 0 Å². The van der Waals surface area contributed by atoms with E-state index in [2.05, 4.69) is 21.9 Å². The van der Waals surface area contributed by atoms with Crippen LogP contribution in [0.5, 0.6) is 11.8 Å². The van der Waals surface area contributed by atoms with Crippen LogP contribution in [-0.4, -0.2) is 66.1 Å². The summed E-state index contributed by atoms with van der Waals surface area (Å²) in [5, 5.41) is 0. The SMILES string of the molecule is COc1ccc(C(=O)N(Cc2cccnc2)C2CCN(C)CC2)c(OC)n1. The van der Waals surface area contributed by atoms with Crippen LogP contribution < -0.4 is 9.47 Å². The summed E-state index contributed by atoms with van der Waals surface area (Å²) >= 11 is 0. The third-order valence-electron chi connectivity index (χ3n) is 4.93. The van der Waals surface area contributed by atoms with E-state index in [0.717, 1.165) is 31.5 Å². The van der Waals surface area contributed by atoms with Crippen LogP contribution in [0.3, 0.4) is 0 Å². The van der Waals surface area contributed by atoms with Crippen LogP contribution in [0.2, 0.25) is 0 Å². The van der Waals surface area contributed by atoms with Gasteiger partial charge in [0.05, 0.1) is 14.2 Å². The molecular weight excluding hydrogens is 344 g/mol. The van der Waals surface area contributed by atoms with Gasteiger partial charge in [-0.3, -0.25) is 9.78 Å². The predicted octanol–water partition coefficient (Wildman–Crippen LogP) is 2.23. The summed E-state index contributed by atoms with van der Waals surface area (Å²) < 4.78 is 10.5. The molecule has 2 aromatic rings. The number of carbonyl (C=O) groups excluding carboxylic acids is 1. The Labute approximate surface area is 159 Å². The third kappa shape index (κ3) is 4.54. The Bertz CT molecular complexity index is 761. The van der Waals surface area contributed by atoms with E-state index < -0.39 is 0 Å². The number of pyridine rings is 2. The lowest BCUT2D eigenvalue weighted by Crippen LogP contribution is -2.46. The minimum Gasteiger partial charge on any atom is -0.481 e. The number of methoxy groups -OCH3 is 2. The van der Waals surface area contributed by atoms with Gasteiger partial charge in [-0.1, -0.05) is 6.07 Å². The number of hydrogen-bond donors (Lipinski definition) is 0. The van der Waals surface area contributed by atoms with Gasteiger partial charge in [-0.15, -0.1) is 0 Å². The summed E-state index contributed by atoms with van der Waals surface area (Å²) in [5.41, 5.74) is 1.45. The van der Waals surface area contributed by atoms with Gasteiger partial charge in [-0.25, -0.2) is 0 Å². The first-order valence-corrected chi connectivity index (χ1v) is 9.09. The molecule has 1 fully saturated rings. The largest absolute Gasteiger partial charge is 0.481 e. The number of ether oxygens (including phenoxy) is 2. The van der Waals surface area contributed by atoms with Crippen molar-refractivity contribution >= 4 is 5.91 Å². The Balaban J connectivity index is 1.90. The third-order valence-corrected chi connectivity index (χ3v) is 4.93. The first-order chi connectivity index (χ1) is 13.1. The molecule has 7 heteroatoms. The molecular formula is C20H26N4O3. The van der Waals surface area contributed by atoms with E-state index in [-0.39, 0.29) is 17.8 Å². The highest BCUT2D eigenvalue weighted by Gasteiger charge is 2.30. The van der Waals surface area contributed by atoms with E-state index >= 15 is 0 Å². The number of amides is 1. The summed E-state index contributed by atoms with van der Waals surface area (Å²) in [6.07, 6.45) is 5.42. The van der Waals surface area contributed by atoms with Gasteiger partial charge in [-0.2, -0.15) is 4.98 Å². The van der Waals surface area contributed by atoms with Crippen LogP contribution in [0.25, 0.3) is 0 Å². The van der Waals surface area contributed by atoms with Crippen molar-refractivity contribution in [1.82, 2.24) is 19.8 Å². The first kappa shape index (κ1) is 19.1. The van der Waals surface area contributed by atoms with Gasteiger partial charge >= 0.3 is 0 Å². The second kappa shape index (κ2) is 8.81. The molecule has 0 spiro atoms. The average molecular weight is 370 g/mol. The number of nitrogens with zero attached hydrogens (tertiary/aromatic N) is 4. The van der Waals surface area contributed by atoms with Crippen molar-refractivity contribution in [1.29, 1.82) is 0 Å². The van der Waals surface area contributed by atoms with Crippen LogP contribution in [0, 0.1) is 0 Å². The second-order valence-corrected chi connectivity index (χ2v) is 6.74. The van der Waals surface area contributed by atoms with E-state index in [1.165, 1.54) is 14.2 Å². The van der Waals surface area contributed by atoms with Gasteiger partial charge < -0.3 is 19.3 Å². The topological polar surface area (TPSA) is 67.8 Å². The second-order valence-electron chi connectivity index (χ2n) is 6.74. The van der Waals surface area contributed by atoms with Crippen molar-refractivity contribution in [3.63, 3.8) is 0 Å². The number of rotatable bonds is 6. The van der Waals surface area contributed by atoms with Gasteiger partial charge in [0.2, 0.25) is 11.8 Å². The fraction of sp³-hybridized carbons (Fsp3) is 0.450. The molecule has 3 rings (SSSR count). The zero-order valence-corrected chi connectivity index (χ0v) is 16.1. The van der Waals surface area contributed by atoms with Crippen molar-refractivity contribution in [3.05, 3.63) is 47.8 Å². The number of likely N-dealkylation sites (tertiary alicyclic amines) is 1. The molecule has 0 aliphatic carbocycles. The standard InChI is InChI=1S/C20H26N4O3/c1-23-11-8-16(9-12-23)24(14-15-5-4-10-21-13-15)20(25)17-6-7-18(26-2)22-19(17)27-3/h4-7,10,13,16H,8-9,11-12,14H2,1-3H3. The van der Waals surface area contributed by atoms with Crippen LogP contribution in [-0.2, 0) is 6.54 Å². The molecule has 0 unspecified atom stereocenters. The van der Waals surface area contributed by atoms with E-state index in [9.17, 15) is 4.79 Å². The highest BCUT2D eigenvalue weighted by atomic mass is 16.5. The molecule has 0 bridgehead atoms. The highest BCUT2D eigenvalue weighted by molar-refractivity contribution is 5.96. The maximum Gasteiger partial charge on any atom is 0.259 e. The van der Waals surface area contributed by atoms with Gasteiger partial charge in [-0.05, 0) is 50.7 Å². The van der Waals surface area contributed by atoms with Crippen LogP contribution in [0.15, 0.2) is 36.7 Å². The molecule has 0 atom stereocenters. The van der Waals surface area contributed by atoms with E-state index in [4.69, 9.17) is 9.47 Å². The minimum absolute atomic E-state index is 0.0830. The monoisotopic (exact) mass is 370 g/mol. The zero-order chi connectivity index (χ0) is 19.2. The Hall–Kier alpha value is -2.67. The lowest BCUT2D eigenvalue weighted by atomic mass is 10.0. The summed E-state index contributed by atoms with van der Waals surface area (Å²) in [7, 11) is 5.16. The van der Waals surface area contributed by atoms with Crippen LogP contribution in [0.1, 0.15) is 28.8 Å². The Morgan fingerprint density at radius 1 is 1.22 bits per heavy atom. The molecule has 7 nitrogen and oxygen atoms in total. The maximum atomic E-state index is 13.4. The molecule has 0 radical (unpaired) electrons. The number of carbonyl (C=O) groups is 1. The number of hydrogen-bond acceptors (Lipinski definition) is 6. The lowest BCUT2D eigenvalue weighted by Gasteiger charge is -2.37. The average Bonchev–Trinajstić information content (AvgIpc) is 2.72.